The van der Waals surface area contributed by atoms with Crippen LogP contribution in [0.5, 0.6) is 0 Å². The van der Waals surface area contributed by atoms with Gasteiger partial charge in [-0.25, -0.2) is 9.97 Å². The number of rotatable bonds is 5. The van der Waals surface area contributed by atoms with Gasteiger partial charge in [-0.2, -0.15) is 27.9 Å². The molecule has 6 heterocycles. The Morgan fingerprint density at radius 1 is 1.15 bits per heavy atom. The number of nitrogens with zero attached hydrogens (tertiary/aromatic N) is 7. The van der Waals surface area contributed by atoms with E-state index in [0.29, 0.717) is 35.3 Å². The third-order valence-electron chi connectivity index (χ3n) is 7.72. The molecule has 6 rings (SSSR count). The van der Waals surface area contributed by atoms with Crippen molar-refractivity contribution in [1.82, 2.24) is 39.7 Å². The number of carbonyl (C=O) groups is 2. The molecule has 3 unspecified atom stereocenters. The Balaban J connectivity index is 1.37. The molecular formula is C25H24F3N9O3. The number of pyridine rings is 1. The number of alkyl halides is 3. The smallest absolute Gasteiger partial charge is 0.383 e. The fourth-order valence-electron chi connectivity index (χ4n) is 5.95. The second-order valence-electron chi connectivity index (χ2n) is 10.1. The van der Waals surface area contributed by atoms with Crippen molar-refractivity contribution in [2.45, 2.75) is 62.9 Å². The summed E-state index contributed by atoms with van der Waals surface area (Å²) in [5.41, 5.74) is 7.83. The highest BCUT2D eigenvalue weighted by molar-refractivity contribution is 6.00. The number of aliphatic hydroxyl groups excluding tert-OH is 1. The maximum Gasteiger partial charge on any atom is 0.420 e. The summed E-state index contributed by atoms with van der Waals surface area (Å²) in [6.07, 6.45) is -0.891. The first-order valence-electron chi connectivity index (χ1n) is 12.6. The topological polar surface area (TPSA) is 168 Å². The number of piperidine rings is 1. The molecule has 2 saturated heterocycles. The molecule has 0 spiro atoms. The van der Waals surface area contributed by atoms with Crippen LogP contribution in [0, 0.1) is 0 Å². The molecule has 2 aliphatic rings. The van der Waals surface area contributed by atoms with E-state index < -0.39 is 18.0 Å². The summed E-state index contributed by atoms with van der Waals surface area (Å²) in [6.45, 7) is 1.40. The predicted molar refractivity (Wildman–Crippen MR) is 133 cm³/mol. The van der Waals surface area contributed by atoms with Gasteiger partial charge in [-0.3, -0.25) is 19.7 Å². The molecule has 2 aliphatic heterocycles. The lowest BCUT2D eigenvalue weighted by Crippen LogP contribution is -2.46. The number of nitrogen functional groups attached to an aromatic ring is 1. The highest BCUT2D eigenvalue weighted by Crippen LogP contribution is 2.45. The van der Waals surface area contributed by atoms with Crippen molar-refractivity contribution < 1.29 is 27.9 Å². The number of ketones is 1. The van der Waals surface area contributed by atoms with E-state index in [2.05, 4.69) is 25.3 Å². The van der Waals surface area contributed by atoms with Crippen molar-refractivity contribution >= 4 is 23.2 Å². The van der Waals surface area contributed by atoms with Gasteiger partial charge in [0.15, 0.2) is 17.5 Å². The highest BCUT2D eigenvalue weighted by atomic mass is 19.4. The molecule has 0 aromatic carbocycles. The molecule has 40 heavy (non-hydrogen) atoms. The van der Waals surface area contributed by atoms with E-state index >= 15 is 0 Å². The number of fused-ring (bicyclic) bond motifs is 3. The van der Waals surface area contributed by atoms with Gasteiger partial charge in [-0.15, -0.1) is 0 Å². The van der Waals surface area contributed by atoms with Gasteiger partial charge in [0.2, 0.25) is 5.82 Å². The van der Waals surface area contributed by atoms with Crippen LogP contribution in [-0.2, 0) is 0 Å². The summed E-state index contributed by atoms with van der Waals surface area (Å²) in [7, 11) is 0. The minimum Gasteiger partial charge on any atom is -0.383 e. The van der Waals surface area contributed by atoms with Crippen molar-refractivity contribution in [1.29, 1.82) is 0 Å². The molecule has 0 saturated carbocycles. The van der Waals surface area contributed by atoms with E-state index in [-0.39, 0.29) is 46.9 Å². The van der Waals surface area contributed by atoms with Crippen LogP contribution in [0.15, 0.2) is 30.9 Å². The van der Waals surface area contributed by atoms with Gasteiger partial charge in [0.05, 0.1) is 23.1 Å². The van der Waals surface area contributed by atoms with Gasteiger partial charge in [0, 0.05) is 35.3 Å². The molecule has 4 atom stereocenters. The molecule has 4 N–H and O–H groups in total. The van der Waals surface area contributed by atoms with Gasteiger partial charge in [0.25, 0.3) is 5.91 Å². The third kappa shape index (κ3) is 4.16. The molecular weight excluding hydrogens is 531 g/mol. The predicted octanol–water partition coefficient (Wildman–Crippen LogP) is 2.84. The fraction of sp³-hybridized carbons (Fsp3) is 0.400. The molecule has 12 nitrogen and oxygen atoms in total. The molecule has 2 bridgehead atoms. The van der Waals surface area contributed by atoms with Crippen LogP contribution in [0.25, 0.3) is 16.8 Å². The number of aromatic amines is 1. The molecule has 0 aliphatic carbocycles. The van der Waals surface area contributed by atoms with Crippen molar-refractivity contribution in [3.05, 3.63) is 53.6 Å². The van der Waals surface area contributed by atoms with E-state index in [1.54, 1.807) is 0 Å². The first-order chi connectivity index (χ1) is 19.0. The average Bonchev–Trinajstić information content (AvgIpc) is 3.65. The van der Waals surface area contributed by atoms with Crippen LogP contribution in [0.4, 0.5) is 19.0 Å². The number of H-pyrrole nitrogens is 1. The number of amides is 1. The zero-order valence-corrected chi connectivity index (χ0v) is 21.1. The number of hydrogen-bond donors (Lipinski definition) is 3. The van der Waals surface area contributed by atoms with Gasteiger partial charge >= 0.3 is 6.18 Å². The van der Waals surface area contributed by atoms with Gasteiger partial charge in [-0.1, -0.05) is 6.07 Å². The van der Waals surface area contributed by atoms with E-state index in [4.69, 9.17) is 10.7 Å². The summed E-state index contributed by atoms with van der Waals surface area (Å²) in [4.78, 5) is 40.3. The number of anilines is 1. The van der Waals surface area contributed by atoms with Crippen LogP contribution in [0.3, 0.4) is 0 Å². The summed E-state index contributed by atoms with van der Waals surface area (Å²) in [5.74, 6) is -0.396. The minimum absolute atomic E-state index is 0.0819. The lowest BCUT2D eigenvalue weighted by atomic mass is 9.85. The second-order valence-corrected chi connectivity index (χ2v) is 10.1. The summed E-state index contributed by atoms with van der Waals surface area (Å²) in [6, 6.07) is 2.31. The van der Waals surface area contributed by atoms with Crippen LogP contribution in [0.1, 0.15) is 77.0 Å². The normalized spacial score (nSPS) is 21.6. The van der Waals surface area contributed by atoms with E-state index in [1.165, 1.54) is 36.2 Å². The zero-order chi connectivity index (χ0) is 28.3. The number of carbonyl (C=O) groups excluding carboxylic acids is 2. The number of aromatic nitrogens is 7. The Bertz CT molecular complexity index is 1590. The van der Waals surface area contributed by atoms with Crippen LogP contribution in [0.2, 0.25) is 0 Å². The number of nitrogens with two attached hydrogens (primary N) is 1. The van der Waals surface area contributed by atoms with E-state index in [0.717, 1.165) is 18.9 Å². The number of aliphatic hydroxyl groups is 1. The van der Waals surface area contributed by atoms with E-state index in [1.807, 2.05) is 4.90 Å². The molecule has 208 valence electrons. The van der Waals surface area contributed by atoms with Crippen molar-refractivity contribution in [3.63, 3.8) is 0 Å². The SMILES string of the molecule is CC(=O)c1c(C2CC3CC[C@H](C2)N3C(=O)c2ncn[nH]2)nc2c(-c3ccc(C(O)C(F)(F)F)nc3)cnn2c1N. The Morgan fingerprint density at radius 3 is 2.45 bits per heavy atom. The standard InChI is InChI=1S/C25H24F3N9O3/c1-11(38)18-19(13-6-14-3-4-15(7-13)36(14)24(40)22-31-10-32-35-22)34-23-16(9-33-37(23)21(18)29)12-2-5-17(30-8-12)20(39)25(26,27)28/h2,5,8-10,13-15,20,39H,3-4,6-7,29H2,1H3,(H,31,32,35)/t13?,14-,15?,20?/m1/s1. The number of Topliss-reactive ketones (excluding diaryl/α,β-unsaturated/α-hetero) is 1. The van der Waals surface area contributed by atoms with Crippen molar-refractivity contribution in [3.8, 4) is 11.1 Å². The van der Waals surface area contributed by atoms with Gasteiger partial charge in [-0.05, 0) is 38.7 Å². The molecule has 4 aromatic rings. The monoisotopic (exact) mass is 555 g/mol. The average molecular weight is 556 g/mol. The number of nitrogens with one attached hydrogen (secondary N) is 1. The lowest BCUT2D eigenvalue weighted by Gasteiger charge is -2.38. The first-order valence-corrected chi connectivity index (χ1v) is 12.6. The molecule has 15 heteroatoms. The third-order valence-corrected chi connectivity index (χ3v) is 7.72. The Hall–Kier alpha value is -4.40. The summed E-state index contributed by atoms with van der Waals surface area (Å²) >= 11 is 0. The lowest BCUT2D eigenvalue weighted by molar-refractivity contribution is -0.207. The van der Waals surface area contributed by atoms with Crippen LogP contribution >= 0.6 is 0 Å². The molecule has 4 aromatic heterocycles. The minimum atomic E-state index is -4.85. The molecule has 2 fully saturated rings. The highest BCUT2D eigenvalue weighted by Gasteiger charge is 2.46. The largest absolute Gasteiger partial charge is 0.420 e. The fourth-order valence-corrected chi connectivity index (χ4v) is 5.95. The maximum atomic E-state index is 13.1. The van der Waals surface area contributed by atoms with Crippen molar-refractivity contribution in [2.24, 2.45) is 0 Å². The zero-order valence-electron chi connectivity index (χ0n) is 21.1. The van der Waals surface area contributed by atoms with Gasteiger partial charge in [0.1, 0.15) is 12.1 Å². The Kier molecular flexibility index (Phi) is 6.05. The second kappa shape index (κ2) is 9.36. The van der Waals surface area contributed by atoms with Crippen molar-refractivity contribution in [2.75, 3.05) is 5.73 Å². The van der Waals surface area contributed by atoms with Crippen LogP contribution in [-0.4, -0.2) is 74.7 Å². The molecule has 0 radical (unpaired) electrons. The summed E-state index contributed by atoms with van der Waals surface area (Å²) < 4.78 is 40.0. The number of hydrogen-bond acceptors (Lipinski definition) is 9. The maximum absolute atomic E-state index is 13.1. The molecule has 1 amide bonds. The summed E-state index contributed by atoms with van der Waals surface area (Å²) in [5, 5.41) is 20.2. The first kappa shape index (κ1) is 25.9. The Morgan fingerprint density at radius 2 is 1.88 bits per heavy atom. The Labute approximate surface area is 224 Å². The number of halogens is 3. The quantitative estimate of drug-likeness (QED) is 0.314. The van der Waals surface area contributed by atoms with Gasteiger partial charge < -0.3 is 15.7 Å². The van der Waals surface area contributed by atoms with E-state index in [9.17, 15) is 27.9 Å². The van der Waals surface area contributed by atoms with Crippen LogP contribution < -0.4 is 5.73 Å².